The predicted octanol–water partition coefficient (Wildman–Crippen LogP) is 8.22. The summed E-state index contributed by atoms with van der Waals surface area (Å²) in [6.07, 6.45) is 10.3. The molecule has 0 radical (unpaired) electrons. The standard InChI is InChI=1S/C28H34/c1-8-27-18-25(15-11-23(27)6)13-9-21(4)17-22(5)10-14-26-16-12-24(7)28(19-26)20(2)3/h9-16,18-20H,4-5,8,17H2,1-3,6-7H3/b13-9+,14-10+. The van der Waals surface area contributed by atoms with E-state index in [4.69, 9.17) is 0 Å². The first-order valence-corrected chi connectivity index (χ1v) is 10.2. The van der Waals surface area contributed by atoms with Gasteiger partial charge in [0.25, 0.3) is 0 Å². The minimum atomic E-state index is 0.538. The Bertz CT molecular complexity index is 904. The number of hydrogen-bond acceptors (Lipinski definition) is 0. The molecule has 0 aliphatic carbocycles. The van der Waals surface area contributed by atoms with E-state index in [9.17, 15) is 0 Å². The molecule has 0 saturated heterocycles. The van der Waals surface area contributed by atoms with Crippen LogP contribution in [-0.4, -0.2) is 0 Å². The van der Waals surface area contributed by atoms with Crippen molar-refractivity contribution in [1.82, 2.24) is 0 Å². The number of hydrogen-bond donors (Lipinski definition) is 0. The number of rotatable bonds is 8. The molecule has 0 nitrogen and oxygen atoms in total. The third kappa shape index (κ3) is 6.23. The fourth-order valence-electron chi connectivity index (χ4n) is 3.40. The van der Waals surface area contributed by atoms with Crippen molar-refractivity contribution in [3.63, 3.8) is 0 Å². The van der Waals surface area contributed by atoms with Crippen LogP contribution >= 0.6 is 0 Å². The van der Waals surface area contributed by atoms with Gasteiger partial charge in [-0.1, -0.05) is 106 Å². The lowest BCUT2D eigenvalue weighted by atomic mass is 9.95. The molecule has 0 unspecified atom stereocenters. The Balaban J connectivity index is 1.98. The van der Waals surface area contributed by atoms with Gasteiger partial charge < -0.3 is 0 Å². The Morgan fingerprint density at radius 1 is 0.857 bits per heavy atom. The molecule has 2 aromatic rings. The molecule has 2 aromatic carbocycles. The quantitative estimate of drug-likeness (QED) is 0.411. The van der Waals surface area contributed by atoms with Gasteiger partial charge in [0.1, 0.15) is 0 Å². The van der Waals surface area contributed by atoms with E-state index in [0.717, 1.165) is 24.0 Å². The minimum Gasteiger partial charge on any atom is -0.0955 e. The van der Waals surface area contributed by atoms with Gasteiger partial charge in [-0.15, -0.1) is 0 Å². The molecule has 0 bridgehead atoms. The van der Waals surface area contributed by atoms with E-state index in [1.807, 2.05) is 0 Å². The Morgan fingerprint density at radius 2 is 1.39 bits per heavy atom. The third-order valence-corrected chi connectivity index (χ3v) is 5.16. The SMILES string of the molecule is C=C(/C=C/c1ccc(C)c(CC)c1)CC(=C)/C=C/c1ccc(C)c(C(C)C)c1. The molecule has 0 saturated carbocycles. The van der Waals surface area contributed by atoms with Crippen LogP contribution in [0.15, 0.2) is 72.9 Å². The van der Waals surface area contributed by atoms with Gasteiger partial charge in [-0.25, -0.2) is 0 Å². The van der Waals surface area contributed by atoms with Gasteiger partial charge >= 0.3 is 0 Å². The van der Waals surface area contributed by atoms with Crippen molar-refractivity contribution < 1.29 is 0 Å². The van der Waals surface area contributed by atoms with Crippen molar-refractivity contribution in [3.8, 4) is 0 Å². The van der Waals surface area contributed by atoms with Gasteiger partial charge in [0.15, 0.2) is 0 Å². The number of benzene rings is 2. The van der Waals surface area contributed by atoms with Crippen LogP contribution in [0, 0.1) is 13.8 Å². The Hall–Kier alpha value is -2.60. The third-order valence-electron chi connectivity index (χ3n) is 5.16. The molecular weight excluding hydrogens is 336 g/mol. The van der Waals surface area contributed by atoms with Crippen molar-refractivity contribution in [1.29, 1.82) is 0 Å². The highest BCUT2D eigenvalue weighted by Crippen LogP contribution is 2.22. The lowest BCUT2D eigenvalue weighted by Gasteiger charge is -2.10. The molecule has 0 aliphatic rings. The lowest BCUT2D eigenvalue weighted by Crippen LogP contribution is -1.92. The smallest absolute Gasteiger partial charge is 0.00375 e. The number of allylic oxidation sites excluding steroid dienone is 4. The maximum absolute atomic E-state index is 4.20. The molecule has 0 N–H and O–H groups in total. The molecule has 0 heteroatoms. The summed E-state index contributed by atoms with van der Waals surface area (Å²) < 4.78 is 0. The zero-order valence-electron chi connectivity index (χ0n) is 18.2. The summed E-state index contributed by atoms with van der Waals surface area (Å²) in [5.74, 6) is 0.538. The maximum Gasteiger partial charge on any atom is -0.00375 e. The van der Waals surface area contributed by atoms with Crippen LogP contribution in [0.3, 0.4) is 0 Å². The highest BCUT2D eigenvalue weighted by atomic mass is 14.1. The van der Waals surface area contributed by atoms with Gasteiger partial charge in [-0.2, -0.15) is 0 Å². The van der Waals surface area contributed by atoms with Crippen LogP contribution in [-0.2, 0) is 6.42 Å². The van der Waals surface area contributed by atoms with Gasteiger partial charge in [0.05, 0.1) is 0 Å². The molecular formula is C28H34. The average Bonchev–Trinajstić information content (AvgIpc) is 2.66. The molecule has 0 aliphatic heterocycles. The van der Waals surface area contributed by atoms with E-state index < -0.39 is 0 Å². The highest BCUT2D eigenvalue weighted by Gasteiger charge is 2.03. The van der Waals surface area contributed by atoms with Crippen LogP contribution < -0.4 is 0 Å². The predicted molar refractivity (Wildman–Crippen MR) is 127 cm³/mol. The second-order valence-corrected chi connectivity index (χ2v) is 7.97. The summed E-state index contributed by atoms with van der Waals surface area (Å²) in [4.78, 5) is 0. The van der Waals surface area contributed by atoms with Crippen molar-refractivity contribution in [3.05, 3.63) is 106 Å². The van der Waals surface area contributed by atoms with Crippen LogP contribution in [0.5, 0.6) is 0 Å². The first kappa shape index (κ1) is 21.7. The monoisotopic (exact) mass is 370 g/mol. The second kappa shape index (κ2) is 10.1. The second-order valence-electron chi connectivity index (χ2n) is 7.97. The Labute approximate surface area is 172 Å². The van der Waals surface area contributed by atoms with Crippen LogP contribution in [0.1, 0.15) is 66.5 Å². The van der Waals surface area contributed by atoms with Crippen LogP contribution in [0.25, 0.3) is 12.2 Å². The molecule has 0 fully saturated rings. The van der Waals surface area contributed by atoms with E-state index in [0.29, 0.717) is 5.92 Å². The fraction of sp³-hybridized carbons (Fsp3) is 0.286. The largest absolute Gasteiger partial charge is 0.0955 e. The normalized spacial score (nSPS) is 11.6. The van der Waals surface area contributed by atoms with Crippen LogP contribution in [0.2, 0.25) is 0 Å². The summed E-state index contributed by atoms with van der Waals surface area (Å²) in [5.41, 5.74) is 10.1. The maximum atomic E-state index is 4.20. The summed E-state index contributed by atoms with van der Waals surface area (Å²) in [5, 5.41) is 0. The molecule has 0 aromatic heterocycles. The van der Waals surface area contributed by atoms with E-state index in [-0.39, 0.29) is 0 Å². The zero-order chi connectivity index (χ0) is 20.7. The van der Waals surface area contributed by atoms with Gasteiger partial charge in [0, 0.05) is 0 Å². The van der Waals surface area contributed by atoms with E-state index in [1.165, 1.54) is 33.4 Å². The van der Waals surface area contributed by atoms with Gasteiger partial charge in [-0.3, -0.25) is 0 Å². The molecule has 0 atom stereocenters. The summed E-state index contributed by atoms with van der Waals surface area (Å²) in [6.45, 7) is 19.4. The Kier molecular flexibility index (Phi) is 7.81. The van der Waals surface area contributed by atoms with Crippen LogP contribution in [0.4, 0.5) is 0 Å². The van der Waals surface area contributed by atoms with E-state index in [1.54, 1.807) is 0 Å². The summed E-state index contributed by atoms with van der Waals surface area (Å²) >= 11 is 0. The number of aryl methyl sites for hydroxylation is 3. The molecule has 0 spiro atoms. The molecule has 28 heavy (non-hydrogen) atoms. The average molecular weight is 371 g/mol. The molecule has 2 rings (SSSR count). The Morgan fingerprint density at radius 3 is 1.93 bits per heavy atom. The first-order chi connectivity index (χ1) is 13.3. The van der Waals surface area contributed by atoms with Gasteiger partial charge in [0.2, 0.25) is 0 Å². The topological polar surface area (TPSA) is 0 Å². The minimum absolute atomic E-state index is 0.538. The van der Waals surface area contributed by atoms with Gasteiger partial charge in [-0.05, 0) is 66.0 Å². The van der Waals surface area contributed by atoms with Crippen molar-refractivity contribution >= 4 is 12.2 Å². The molecule has 0 heterocycles. The molecule has 146 valence electrons. The summed E-state index contributed by atoms with van der Waals surface area (Å²) in [7, 11) is 0. The first-order valence-electron chi connectivity index (χ1n) is 10.2. The molecule has 0 amide bonds. The van der Waals surface area contributed by atoms with Crippen molar-refractivity contribution in [2.75, 3.05) is 0 Å². The van der Waals surface area contributed by atoms with E-state index in [2.05, 4.69) is 108 Å². The fourth-order valence-corrected chi connectivity index (χ4v) is 3.40. The lowest BCUT2D eigenvalue weighted by molar-refractivity contribution is 0.856. The van der Waals surface area contributed by atoms with E-state index >= 15 is 0 Å². The van der Waals surface area contributed by atoms with Crippen molar-refractivity contribution in [2.24, 2.45) is 0 Å². The van der Waals surface area contributed by atoms with Crippen molar-refractivity contribution in [2.45, 2.75) is 53.4 Å². The zero-order valence-corrected chi connectivity index (χ0v) is 18.2. The highest BCUT2D eigenvalue weighted by molar-refractivity contribution is 5.57. The summed E-state index contributed by atoms with van der Waals surface area (Å²) in [6, 6.07) is 13.3.